The zero-order valence-corrected chi connectivity index (χ0v) is 7.72. The molecule has 0 N–H and O–H groups in total. The van der Waals surface area contributed by atoms with E-state index in [1.807, 2.05) is 6.08 Å². The molecule has 0 aliphatic rings. The minimum absolute atomic E-state index is 0.940. The normalized spacial score (nSPS) is 9.17. The third kappa shape index (κ3) is 2.11. The molecule has 0 atom stereocenters. The van der Waals surface area contributed by atoms with Gasteiger partial charge in [0.05, 0.1) is 0 Å². The molecule has 0 saturated heterocycles. The van der Waals surface area contributed by atoms with Crippen LogP contribution in [0.5, 0.6) is 0 Å². The molecule has 0 fully saturated rings. The molecule has 0 aromatic heterocycles. The van der Waals surface area contributed by atoms with Gasteiger partial charge in [0.25, 0.3) is 0 Å². The molecule has 0 nitrogen and oxygen atoms in total. The lowest BCUT2D eigenvalue weighted by Crippen LogP contribution is -1.86. The molecule has 12 heavy (non-hydrogen) atoms. The van der Waals surface area contributed by atoms with Crippen molar-refractivity contribution in [1.82, 2.24) is 0 Å². The van der Waals surface area contributed by atoms with Crippen LogP contribution >= 0.6 is 0 Å². The van der Waals surface area contributed by atoms with E-state index >= 15 is 0 Å². The third-order valence-electron chi connectivity index (χ3n) is 1.96. The van der Waals surface area contributed by atoms with E-state index in [0.29, 0.717) is 0 Å². The van der Waals surface area contributed by atoms with Crippen LogP contribution in [0.1, 0.15) is 16.7 Å². The quantitative estimate of drug-likeness (QED) is 0.580. The Balaban J connectivity index is 2.93. The molecule has 0 aliphatic carbocycles. The van der Waals surface area contributed by atoms with Crippen LogP contribution < -0.4 is 0 Å². The number of allylic oxidation sites excluding steroid dienone is 1. The van der Waals surface area contributed by atoms with Crippen molar-refractivity contribution >= 4 is 0 Å². The first-order valence-corrected chi connectivity index (χ1v) is 4.14. The maximum atomic E-state index is 3.54. The minimum Gasteiger partial charge on any atom is -0.133 e. The minimum atomic E-state index is 0.940. The topological polar surface area (TPSA) is 0 Å². The summed E-state index contributed by atoms with van der Waals surface area (Å²) in [5.74, 6) is 0. The Morgan fingerprint density at radius 2 is 2.17 bits per heavy atom. The zero-order chi connectivity index (χ0) is 8.97. The van der Waals surface area contributed by atoms with E-state index < -0.39 is 0 Å². The van der Waals surface area contributed by atoms with Crippen molar-refractivity contribution in [2.24, 2.45) is 0 Å². The van der Waals surface area contributed by atoms with Gasteiger partial charge < -0.3 is 0 Å². The Hall–Kier alpha value is -1.26. The van der Waals surface area contributed by atoms with E-state index in [1.54, 1.807) is 0 Å². The molecule has 0 heterocycles. The van der Waals surface area contributed by atoms with Crippen molar-refractivity contribution in [1.29, 1.82) is 0 Å². The summed E-state index contributed by atoms with van der Waals surface area (Å²) in [5.41, 5.74) is 6.81. The van der Waals surface area contributed by atoms with Crippen molar-refractivity contribution in [2.75, 3.05) is 0 Å². The maximum Gasteiger partial charge on any atom is -0.00188 e. The van der Waals surface area contributed by atoms with Crippen LogP contribution in [0.4, 0.5) is 0 Å². The fourth-order valence-corrected chi connectivity index (χ4v) is 1.26. The lowest BCUT2D eigenvalue weighted by atomic mass is 10.0. The summed E-state index contributed by atoms with van der Waals surface area (Å²) >= 11 is 0. The molecule has 0 spiro atoms. The molecule has 0 bridgehead atoms. The van der Waals surface area contributed by atoms with Gasteiger partial charge in [-0.1, -0.05) is 30.3 Å². The predicted molar refractivity (Wildman–Crippen MR) is 53.3 cm³/mol. The number of hydrogen-bond donors (Lipinski definition) is 0. The Bertz CT molecular complexity index is 315. The average Bonchev–Trinajstić information content (AvgIpc) is 2.03. The van der Waals surface area contributed by atoms with E-state index in [2.05, 4.69) is 44.4 Å². The molecule has 1 rings (SSSR count). The van der Waals surface area contributed by atoms with Gasteiger partial charge in [0.15, 0.2) is 0 Å². The van der Waals surface area contributed by atoms with Gasteiger partial charge in [-0.25, -0.2) is 0 Å². The zero-order valence-electron chi connectivity index (χ0n) is 7.72. The van der Waals surface area contributed by atoms with E-state index in [0.717, 1.165) is 6.42 Å². The summed E-state index contributed by atoms with van der Waals surface area (Å²) in [5, 5.41) is 0. The van der Waals surface area contributed by atoms with Gasteiger partial charge >= 0.3 is 0 Å². The standard InChI is InChI=1S/C12H14/c1-4-5-6-12-8-7-10(2)9-11(12)3/h5,7-9H,1,6H2,2-3H3. The summed E-state index contributed by atoms with van der Waals surface area (Å²) < 4.78 is 0. The van der Waals surface area contributed by atoms with Crippen LogP contribution in [-0.2, 0) is 6.42 Å². The van der Waals surface area contributed by atoms with Crippen molar-refractivity contribution < 1.29 is 0 Å². The van der Waals surface area contributed by atoms with E-state index in [9.17, 15) is 0 Å². The van der Waals surface area contributed by atoms with Gasteiger partial charge in [0, 0.05) is 0 Å². The molecule has 0 heteroatoms. The van der Waals surface area contributed by atoms with Crippen molar-refractivity contribution in [3.05, 3.63) is 53.3 Å². The molecular formula is C12H14. The summed E-state index contributed by atoms with van der Waals surface area (Å²) in [6.45, 7) is 7.79. The monoisotopic (exact) mass is 158 g/mol. The highest BCUT2D eigenvalue weighted by atomic mass is 14.0. The number of hydrogen-bond acceptors (Lipinski definition) is 0. The van der Waals surface area contributed by atoms with Crippen LogP contribution in [-0.4, -0.2) is 0 Å². The van der Waals surface area contributed by atoms with E-state index in [-0.39, 0.29) is 0 Å². The number of benzene rings is 1. The smallest absolute Gasteiger partial charge is 0.00188 e. The summed E-state index contributed by atoms with van der Waals surface area (Å²) in [6.07, 6.45) is 2.90. The number of rotatable bonds is 2. The predicted octanol–water partition coefficient (Wildman–Crippen LogP) is 3.19. The second-order valence-electron chi connectivity index (χ2n) is 3.04. The van der Waals surface area contributed by atoms with Gasteiger partial charge in [-0.3, -0.25) is 0 Å². The Morgan fingerprint density at radius 1 is 1.42 bits per heavy atom. The van der Waals surface area contributed by atoms with Gasteiger partial charge in [-0.2, -0.15) is 0 Å². The fraction of sp³-hybridized carbons (Fsp3) is 0.250. The first-order chi connectivity index (χ1) is 5.74. The summed E-state index contributed by atoms with van der Waals surface area (Å²) in [7, 11) is 0. The van der Waals surface area contributed by atoms with Crippen LogP contribution in [0.2, 0.25) is 0 Å². The molecule has 1 aromatic rings. The first kappa shape index (κ1) is 8.83. The average molecular weight is 158 g/mol. The highest BCUT2D eigenvalue weighted by Gasteiger charge is 1.94. The Labute approximate surface area is 74.2 Å². The van der Waals surface area contributed by atoms with Crippen LogP contribution in [0.3, 0.4) is 0 Å². The Morgan fingerprint density at radius 3 is 2.75 bits per heavy atom. The number of aryl methyl sites for hydroxylation is 2. The molecular weight excluding hydrogens is 144 g/mol. The highest BCUT2D eigenvalue weighted by Crippen LogP contribution is 2.10. The van der Waals surface area contributed by atoms with Crippen molar-refractivity contribution in [2.45, 2.75) is 20.3 Å². The molecule has 0 radical (unpaired) electrons. The van der Waals surface area contributed by atoms with Crippen LogP contribution in [0.15, 0.2) is 36.6 Å². The van der Waals surface area contributed by atoms with E-state index in [4.69, 9.17) is 0 Å². The highest BCUT2D eigenvalue weighted by molar-refractivity contribution is 5.31. The second-order valence-corrected chi connectivity index (χ2v) is 3.04. The SMILES string of the molecule is C=C=CCc1ccc(C)cc1C. The van der Waals surface area contributed by atoms with Crippen LogP contribution in [0.25, 0.3) is 0 Å². The Kier molecular flexibility index (Phi) is 2.90. The van der Waals surface area contributed by atoms with Gasteiger partial charge in [-0.15, -0.1) is 5.73 Å². The van der Waals surface area contributed by atoms with Gasteiger partial charge in [0.2, 0.25) is 0 Å². The van der Waals surface area contributed by atoms with Gasteiger partial charge in [0.1, 0.15) is 0 Å². The van der Waals surface area contributed by atoms with Gasteiger partial charge in [-0.05, 0) is 37.5 Å². The molecule has 0 aliphatic heterocycles. The third-order valence-corrected chi connectivity index (χ3v) is 1.96. The first-order valence-electron chi connectivity index (χ1n) is 4.14. The second kappa shape index (κ2) is 3.94. The molecule has 0 amide bonds. The maximum absolute atomic E-state index is 3.54. The lowest BCUT2D eigenvalue weighted by molar-refractivity contribution is 1.20. The molecule has 1 aromatic carbocycles. The lowest BCUT2D eigenvalue weighted by Gasteiger charge is -2.02. The molecule has 0 saturated carbocycles. The summed E-state index contributed by atoms with van der Waals surface area (Å²) in [4.78, 5) is 0. The fourth-order valence-electron chi connectivity index (χ4n) is 1.26. The van der Waals surface area contributed by atoms with Crippen molar-refractivity contribution in [3.8, 4) is 0 Å². The van der Waals surface area contributed by atoms with Crippen molar-refractivity contribution in [3.63, 3.8) is 0 Å². The molecule has 0 unspecified atom stereocenters. The van der Waals surface area contributed by atoms with E-state index in [1.165, 1.54) is 16.7 Å². The summed E-state index contributed by atoms with van der Waals surface area (Å²) in [6, 6.07) is 6.50. The van der Waals surface area contributed by atoms with Crippen LogP contribution in [0, 0.1) is 13.8 Å². The molecule has 62 valence electrons. The largest absolute Gasteiger partial charge is 0.133 e.